The van der Waals surface area contributed by atoms with E-state index in [1.807, 2.05) is 41.0 Å². The first-order chi connectivity index (χ1) is 9.72. The van der Waals surface area contributed by atoms with Gasteiger partial charge in [0.15, 0.2) is 0 Å². The van der Waals surface area contributed by atoms with Crippen LogP contribution >= 0.6 is 0 Å². The van der Waals surface area contributed by atoms with Gasteiger partial charge in [-0.05, 0) is 30.3 Å². The summed E-state index contributed by atoms with van der Waals surface area (Å²) in [7, 11) is 3.26. The lowest BCUT2D eigenvalue weighted by atomic mass is 10.2. The lowest BCUT2D eigenvalue weighted by Crippen LogP contribution is -1.97. The maximum absolute atomic E-state index is 5.78. The molecule has 0 radical (unpaired) electrons. The summed E-state index contributed by atoms with van der Waals surface area (Å²) in [5, 5.41) is 0. The highest BCUT2D eigenvalue weighted by atomic mass is 16.5. The number of nitrogens with zero attached hydrogens (tertiary/aromatic N) is 2. The highest BCUT2D eigenvalue weighted by Gasteiger charge is 2.10. The third-order valence-electron chi connectivity index (χ3n) is 3.22. The van der Waals surface area contributed by atoms with Crippen LogP contribution in [-0.2, 0) is 0 Å². The van der Waals surface area contributed by atoms with Gasteiger partial charge in [0.05, 0.1) is 30.9 Å². The van der Waals surface area contributed by atoms with Crippen LogP contribution in [-0.4, -0.2) is 23.8 Å². The summed E-state index contributed by atoms with van der Waals surface area (Å²) in [4.78, 5) is 4.37. The molecular formula is C15H15N3O2. The molecule has 20 heavy (non-hydrogen) atoms. The van der Waals surface area contributed by atoms with Crippen LogP contribution in [0.2, 0.25) is 0 Å². The molecule has 2 aromatic carbocycles. The number of imidazole rings is 1. The number of nitrogens with two attached hydrogens (primary N) is 1. The second kappa shape index (κ2) is 4.77. The van der Waals surface area contributed by atoms with Crippen molar-refractivity contribution < 1.29 is 9.47 Å². The smallest absolute Gasteiger partial charge is 0.146 e. The summed E-state index contributed by atoms with van der Waals surface area (Å²) in [6, 6.07) is 11.3. The Hall–Kier alpha value is -2.69. The third kappa shape index (κ3) is 1.93. The molecule has 2 N–H and O–H groups in total. The maximum atomic E-state index is 5.78. The van der Waals surface area contributed by atoms with Gasteiger partial charge in [0.25, 0.3) is 0 Å². The largest absolute Gasteiger partial charge is 0.497 e. The summed E-state index contributed by atoms with van der Waals surface area (Å²) in [5.41, 5.74) is 9.20. The number of anilines is 1. The Bertz CT molecular complexity index is 765. The summed E-state index contributed by atoms with van der Waals surface area (Å²) in [6.45, 7) is 0. The molecule has 0 aliphatic heterocycles. The number of nitrogen functional groups attached to an aromatic ring is 1. The Morgan fingerprint density at radius 3 is 2.65 bits per heavy atom. The summed E-state index contributed by atoms with van der Waals surface area (Å²) >= 11 is 0. The van der Waals surface area contributed by atoms with Gasteiger partial charge in [0.1, 0.15) is 17.8 Å². The van der Waals surface area contributed by atoms with E-state index in [9.17, 15) is 0 Å². The zero-order chi connectivity index (χ0) is 14.1. The van der Waals surface area contributed by atoms with Crippen molar-refractivity contribution in [2.75, 3.05) is 20.0 Å². The van der Waals surface area contributed by atoms with Crippen LogP contribution in [0.1, 0.15) is 0 Å². The average molecular weight is 269 g/mol. The minimum Gasteiger partial charge on any atom is -0.497 e. The van der Waals surface area contributed by atoms with Crippen LogP contribution in [0, 0.1) is 0 Å². The van der Waals surface area contributed by atoms with E-state index in [1.165, 1.54) is 0 Å². The molecule has 0 aliphatic carbocycles. The van der Waals surface area contributed by atoms with Gasteiger partial charge in [-0.3, -0.25) is 4.57 Å². The Kier molecular flexibility index (Phi) is 2.95. The lowest BCUT2D eigenvalue weighted by Gasteiger charge is -2.11. The summed E-state index contributed by atoms with van der Waals surface area (Å²) in [6.07, 6.45) is 1.76. The number of hydrogen-bond donors (Lipinski definition) is 1. The molecule has 0 saturated carbocycles. The predicted molar refractivity (Wildman–Crippen MR) is 78.6 cm³/mol. The standard InChI is InChI=1S/C15H15N3O2/c1-19-11-4-6-14(15(8-11)20-2)18-9-17-12-7-10(16)3-5-13(12)18/h3-9H,16H2,1-2H3. The van der Waals surface area contributed by atoms with E-state index in [4.69, 9.17) is 15.2 Å². The van der Waals surface area contributed by atoms with Crippen LogP contribution in [0.3, 0.4) is 0 Å². The van der Waals surface area contributed by atoms with E-state index in [1.54, 1.807) is 20.5 Å². The van der Waals surface area contributed by atoms with Gasteiger partial charge < -0.3 is 15.2 Å². The summed E-state index contributed by atoms with van der Waals surface area (Å²) in [5.74, 6) is 1.47. The first-order valence-corrected chi connectivity index (χ1v) is 6.18. The lowest BCUT2D eigenvalue weighted by molar-refractivity contribution is 0.393. The zero-order valence-corrected chi connectivity index (χ0v) is 11.3. The quantitative estimate of drug-likeness (QED) is 0.742. The summed E-state index contributed by atoms with van der Waals surface area (Å²) < 4.78 is 12.6. The van der Waals surface area contributed by atoms with Crippen molar-refractivity contribution in [3.05, 3.63) is 42.7 Å². The van der Waals surface area contributed by atoms with Crippen LogP contribution < -0.4 is 15.2 Å². The van der Waals surface area contributed by atoms with Crippen LogP contribution in [0.25, 0.3) is 16.7 Å². The van der Waals surface area contributed by atoms with Gasteiger partial charge in [0, 0.05) is 11.8 Å². The predicted octanol–water partition coefficient (Wildman–Crippen LogP) is 2.62. The molecule has 5 nitrogen and oxygen atoms in total. The molecule has 0 bridgehead atoms. The normalized spacial score (nSPS) is 10.7. The van der Waals surface area contributed by atoms with Crippen molar-refractivity contribution >= 4 is 16.7 Å². The van der Waals surface area contributed by atoms with Gasteiger partial charge in [-0.1, -0.05) is 0 Å². The molecule has 0 atom stereocenters. The Labute approximate surface area is 116 Å². The van der Waals surface area contributed by atoms with E-state index >= 15 is 0 Å². The van der Waals surface area contributed by atoms with Gasteiger partial charge in [-0.2, -0.15) is 0 Å². The second-order valence-corrected chi connectivity index (χ2v) is 4.40. The molecule has 102 valence electrons. The van der Waals surface area contributed by atoms with E-state index in [-0.39, 0.29) is 0 Å². The Balaban J connectivity index is 2.20. The number of rotatable bonds is 3. The highest BCUT2D eigenvalue weighted by Crippen LogP contribution is 2.30. The molecule has 0 spiro atoms. The topological polar surface area (TPSA) is 62.3 Å². The molecule has 5 heteroatoms. The fourth-order valence-electron chi connectivity index (χ4n) is 2.21. The van der Waals surface area contributed by atoms with Crippen molar-refractivity contribution in [1.82, 2.24) is 9.55 Å². The second-order valence-electron chi connectivity index (χ2n) is 4.40. The molecule has 1 heterocycles. The Morgan fingerprint density at radius 1 is 1.05 bits per heavy atom. The number of fused-ring (bicyclic) bond motifs is 1. The first kappa shape index (κ1) is 12.3. The van der Waals surface area contributed by atoms with Crippen molar-refractivity contribution in [1.29, 1.82) is 0 Å². The minimum atomic E-state index is 0.699. The first-order valence-electron chi connectivity index (χ1n) is 6.18. The monoisotopic (exact) mass is 269 g/mol. The molecular weight excluding hydrogens is 254 g/mol. The molecule has 1 aromatic heterocycles. The van der Waals surface area contributed by atoms with Crippen molar-refractivity contribution in [2.45, 2.75) is 0 Å². The average Bonchev–Trinajstić information content (AvgIpc) is 2.89. The molecule has 0 saturated heterocycles. The van der Waals surface area contributed by atoms with E-state index in [2.05, 4.69) is 4.98 Å². The Morgan fingerprint density at radius 2 is 1.90 bits per heavy atom. The number of hydrogen-bond acceptors (Lipinski definition) is 4. The van der Waals surface area contributed by atoms with Gasteiger partial charge in [0.2, 0.25) is 0 Å². The van der Waals surface area contributed by atoms with Gasteiger partial charge >= 0.3 is 0 Å². The third-order valence-corrected chi connectivity index (χ3v) is 3.22. The van der Waals surface area contributed by atoms with Gasteiger partial charge in [-0.15, -0.1) is 0 Å². The van der Waals surface area contributed by atoms with E-state index in [0.717, 1.165) is 28.2 Å². The molecule has 0 amide bonds. The minimum absolute atomic E-state index is 0.699. The van der Waals surface area contributed by atoms with Crippen molar-refractivity contribution in [2.24, 2.45) is 0 Å². The van der Waals surface area contributed by atoms with E-state index in [0.29, 0.717) is 5.69 Å². The molecule has 3 rings (SSSR count). The van der Waals surface area contributed by atoms with Crippen molar-refractivity contribution in [3.63, 3.8) is 0 Å². The maximum Gasteiger partial charge on any atom is 0.146 e. The highest BCUT2D eigenvalue weighted by molar-refractivity contribution is 5.81. The fourth-order valence-corrected chi connectivity index (χ4v) is 2.21. The van der Waals surface area contributed by atoms with Gasteiger partial charge in [-0.25, -0.2) is 4.98 Å². The molecule has 3 aromatic rings. The van der Waals surface area contributed by atoms with Crippen molar-refractivity contribution in [3.8, 4) is 17.2 Å². The number of methoxy groups -OCH3 is 2. The van der Waals surface area contributed by atoms with E-state index < -0.39 is 0 Å². The fraction of sp³-hybridized carbons (Fsp3) is 0.133. The molecule has 0 aliphatic rings. The molecule has 0 fully saturated rings. The number of aromatic nitrogens is 2. The zero-order valence-electron chi connectivity index (χ0n) is 11.3. The van der Waals surface area contributed by atoms with Crippen LogP contribution in [0.4, 0.5) is 5.69 Å². The molecule has 0 unspecified atom stereocenters. The number of benzene rings is 2. The van der Waals surface area contributed by atoms with Crippen LogP contribution in [0.15, 0.2) is 42.7 Å². The number of ether oxygens (including phenoxy) is 2. The SMILES string of the molecule is COc1ccc(-n2cnc3cc(N)ccc32)c(OC)c1. The van der Waals surface area contributed by atoms with Crippen LogP contribution in [0.5, 0.6) is 11.5 Å².